The van der Waals surface area contributed by atoms with Crippen LogP contribution in [0.25, 0.3) is 0 Å². The fraction of sp³-hybridized carbons (Fsp3) is 0.120. The molecule has 0 unspecified atom stereocenters. The summed E-state index contributed by atoms with van der Waals surface area (Å²) in [5, 5.41) is 8.78. The van der Waals surface area contributed by atoms with Gasteiger partial charge < -0.3 is 14.8 Å². The molecule has 0 bridgehead atoms. The molecule has 4 aromatic rings. The number of amides is 1. The van der Waals surface area contributed by atoms with Crippen LogP contribution in [0.15, 0.2) is 72.9 Å². The molecule has 0 spiro atoms. The lowest BCUT2D eigenvalue weighted by Gasteiger charge is -2.12. The molecular weight excluding hydrogens is 497 g/mol. The normalized spacial score (nSPS) is 10.7. The van der Waals surface area contributed by atoms with Crippen LogP contribution in [0.2, 0.25) is 15.1 Å². The average Bonchev–Trinajstić information content (AvgIpc) is 3.18. The SMILES string of the molecule is COc1ccc(C(=O)Nc2nn(Cc3ccc(Cl)cc3)cc2Cl)cc1COc1ccc(Cl)cc1. The third-order valence-corrected chi connectivity index (χ3v) is 5.74. The highest BCUT2D eigenvalue weighted by Crippen LogP contribution is 2.25. The monoisotopic (exact) mass is 515 g/mol. The number of halogens is 3. The highest BCUT2D eigenvalue weighted by atomic mass is 35.5. The maximum Gasteiger partial charge on any atom is 0.256 e. The number of rotatable bonds is 8. The first kappa shape index (κ1) is 24.0. The van der Waals surface area contributed by atoms with Crippen molar-refractivity contribution >= 4 is 46.5 Å². The Bertz CT molecular complexity index is 1290. The van der Waals surface area contributed by atoms with Crippen LogP contribution < -0.4 is 14.8 Å². The second-order valence-corrected chi connectivity index (χ2v) is 8.65. The largest absolute Gasteiger partial charge is 0.496 e. The smallest absolute Gasteiger partial charge is 0.256 e. The van der Waals surface area contributed by atoms with Crippen LogP contribution in [0, 0.1) is 0 Å². The standard InChI is InChI=1S/C25H20Cl3N3O3/c1-33-23-11-4-17(12-18(23)15-34-21-9-7-20(27)8-10-21)25(32)29-24-22(28)14-31(30-24)13-16-2-5-19(26)6-3-16/h2-12,14H,13,15H2,1H3,(H,29,30,32). The third-order valence-electron chi connectivity index (χ3n) is 4.96. The van der Waals surface area contributed by atoms with Crippen molar-refractivity contribution in [1.82, 2.24) is 9.78 Å². The van der Waals surface area contributed by atoms with Gasteiger partial charge in [0.05, 0.1) is 13.7 Å². The second-order valence-electron chi connectivity index (χ2n) is 7.37. The topological polar surface area (TPSA) is 65.4 Å². The number of carbonyl (C=O) groups excluding carboxylic acids is 1. The first-order valence-corrected chi connectivity index (χ1v) is 11.4. The van der Waals surface area contributed by atoms with Crippen molar-refractivity contribution in [2.24, 2.45) is 0 Å². The van der Waals surface area contributed by atoms with Crippen molar-refractivity contribution in [1.29, 1.82) is 0 Å². The fourth-order valence-electron chi connectivity index (χ4n) is 3.24. The number of hydrogen-bond acceptors (Lipinski definition) is 4. The van der Waals surface area contributed by atoms with E-state index in [0.717, 1.165) is 5.56 Å². The van der Waals surface area contributed by atoms with Gasteiger partial charge in [-0.3, -0.25) is 9.48 Å². The molecule has 1 amide bonds. The molecule has 0 aliphatic carbocycles. The molecule has 0 fully saturated rings. The third kappa shape index (κ3) is 6.03. The lowest BCUT2D eigenvalue weighted by Crippen LogP contribution is -2.14. The molecular formula is C25H20Cl3N3O3. The van der Waals surface area contributed by atoms with Gasteiger partial charge >= 0.3 is 0 Å². The Balaban J connectivity index is 1.46. The molecule has 0 saturated carbocycles. The van der Waals surface area contributed by atoms with Gasteiger partial charge in [-0.1, -0.05) is 46.9 Å². The van der Waals surface area contributed by atoms with Crippen LogP contribution in [-0.4, -0.2) is 22.8 Å². The lowest BCUT2D eigenvalue weighted by molar-refractivity contribution is 0.102. The molecule has 0 saturated heterocycles. The highest BCUT2D eigenvalue weighted by Gasteiger charge is 2.15. The van der Waals surface area contributed by atoms with E-state index in [9.17, 15) is 4.79 Å². The summed E-state index contributed by atoms with van der Waals surface area (Å²) < 4.78 is 12.9. The fourth-order valence-corrected chi connectivity index (χ4v) is 3.69. The highest BCUT2D eigenvalue weighted by molar-refractivity contribution is 6.33. The predicted molar refractivity (Wildman–Crippen MR) is 135 cm³/mol. The summed E-state index contributed by atoms with van der Waals surface area (Å²) in [5.74, 6) is 1.18. The zero-order valence-corrected chi connectivity index (χ0v) is 20.4. The maximum absolute atomic E-state index is 12.9. The number of ether oxygens (including phenoxy) is 2. The van der Waals surface area contributed by atoms with Gasteiger partial charge in [-0.05, 0) is 60.2 Å². The number of anilines is 1. The van der Waals surface area contributed by atoms with Crippen LogP contribution in [0.4, 0.5) is 5.82 Å². The molecule has 0 aliphatic heterocycles. The number of carbonyl (C=O) groups is 1. The van der Waals surface area contributed by atoms with Crippen molar-refractivity contribution in [3.8, 4) is 11.5 Å². The van der Waals surface area contributed by atoms with Crippen LogP contribution in [-0.2, 0) is 13.2 Å². The Morgan fingerprint density at radius 2 is 1.65 bits per heavy atom. The van der Waals surface area contributed by atoms with Gasteiger partial charge in [0.1, 0.15) is 23.1 Å². The summed E-state index contributed by atoms with van der Waals surface area (Å²) in [6.07, 6.45) is 1.66. The quantitative estimate of drug-likeness (QED) is 0.282. The average molecular weight is 517 g/mol. The molecule has 0 aliphatic rings. The molecule has 1 N–H and O–H groups in total. The number of hydrogen-bond donors (Lipinski definition) is 1. The number of benzene rings is 3. The molecule has 4 rings (SSSR count). The van der Waals surface area contributed by atoms with Gasteiger partial charge in [-0.15, -0.1) is 0 Å². The van der Waals surface area contributed by atoms with Crippen molar-refractivity contribution in [3.63, 3.8) is 0 Å². The molecule has 3 aromatic carbocycles. The molecule has 0 radical (unpaired) electrons. The van der Waals surface area contributed by atoms with Crippen LogP contribution in [0.5, 0.6) is 11.5 Å². The van der Waals surface area contributed by atoms with E-state index in [4.69, 9.17) is 44.3 Å². The van der Waals surface area contributed by atoms with E-state index in [0.29, 0.717) is 44.2 Å². The molecule has 174 valence electrons. The Kier molecular flexibility index (Phi) is 7.63. The molecule has 1 aromatic heterocycles. The van der Waals surface area contributed by atoms with E-state index in [2.05, 4.69) is 10.4 Å². The van der Waals surface area contributed by atoms with Gasteiger partial charge in [0.2, 0.25) is 0 Å². The van der Waals surface area contributed by atoms with Crippen molar-refractivity contribution < 1.29 is 14.3 Å². The first-order valence-electron chi connectivity index (χ1n) is 10.3. The van der Waals surface area contributed by atoms with Gasteiger partial charge in [0, 0.05) is 27.4 Å². The minimum absolute atomic E-state index is 0.211. The summed E-state index contributed by atoms with van der Waals surface area (Å²) in [7, 11) is 1.56. The number of aromatic nitrogens is 2. The van der Waals surface area contributed by atoms with Gasteiger partial charge in [-0.2, -0.15) is 5.10 Å². The summed E-state index contributed by atoms with van der Waals surface area (Å²) in [6.45, 7) is 0.698. The number of nitrogens with one attached hydrogen (secondary N) is 1. The number of nitrogens with zero attached hydrogens (tertiary/aromatic N) is 2. The van der Waals surface area contributed by atoms with Crippen molar-refractivity contribution in [3.05, 3.63) is 105 Å². The zero-order chi connectivity index (χ0) is 24.1. The Morgan fingerprint density at radius 1 is 0.971 bits per heavy atom. The zero-order valence-electron chi connectivity index (χ0n) is 18.1. The summed E-state index contributed by atoms with van der Waals surface area (Å²) in [4.78, 5) is 12.9. The minimum Gasteiger partial charge on any atom is -0.496 e. The van der Waals surface area contributed by atoms with Crippen LogP contribution in [0.3, 0.4) is 0 Å². The minimum atomic E-state index is -0.353. The molecule has 0 atom stereocenters. The van der Waals surface area contributed by atoms with E-state index in [1.807, 2.05) is 24.3 Å². The summed E-state index contributed by atoms with van der Waals surface area (Å²) >= 11 is 18.2. The van der Waals surface area contributed by atoms with Crippen molar-refractivity contribution in [2.45, 2.75) is 13.2 Å². The molecule has 6 nitrogen and oxygen atoms in total. The van der Waals surface area contributed by atoms with E-state index in [-0.39, 0.29) is 18.3 Å². The van der Waals surface area contributed by atoms with Crippen molar-refractivity contribution in [2.75, 3.05) is 12.4 Å². The summed E-state index contributed by atoms with van der Waals surface area (Å²) in [6, 6.07) is 19.5. The predicted octanol–water partition coefficient (Wildman–Crippen LogP) is 6.73. The van der Waals surface area contributed by atoms with E-state index >= 15 is 0 Å². The van der Waals surface area contributed by atoms with Gasteiger partial charge in [0.25, 0.3) is 5.91 Å². The Labute approximate surface area is 212 Å². The second kappa shape index (κ2) is 10.8. The molecule has 9 heteroatoms. The van der Waals surface area contributed by atoms with E-state index in [1.54, 1.807) is 60.5 Å². The Hall–Kier alpha value is -3.19. The van der Waals surface area contributed by atoms with Gasteiger partial charge in [-0.25, -0.2) is 0 Å². The number of methoxy groups -OCH3 is 1. The first-order chi connectivity index (χ1) is 16.4. The lowest BCUT2D eigenvalue weighted by atomic mass is 10.1. The molecule has 1 heterocycles. The molecule has 34 heavy (non-hydrogen) atoms. The van der Waals surface area contributed by atoms with Crippen LogP contribution >= 0.6 is 34.8 Å². The van der Waals surface area contributed by atoms with Gasteiger partial charge in [0.15, 0.2) is 5.82 Å². The van der Waals surface area contributed by atoms with Crippen LogP contribution in [0.1, 0.15) is 21.5 Å². The summed E-state index contributed by atoms with van der Waals surface area (Å²) in [5.41, 5.74) is 2.13. The maximum atomic E-state index is 12.9. The van der Waals surface area contributed by atoms with E-state index < -0.39 is 0 Å². The Morgan fingerprint density at radius 3 is 2.32 bits per heavy atom. The van der Waals surface area contributed by atoms with E-state index in [1.165, 1.54) is 0 Å².